The average molecular weight is 314 g/mol. The lowest BCUT2D eigenvalue weighted by Gasteiger charge is -2.24. The summed E-state index contributed by atoms with van der Waals surface area (Å²) >= 11 is 3.50. The molecule has 1 aliphatic heterocycles. The van der Waals surface area contributed by atoms with Gasteiger partial charge in [0.25, 0.3) is 0 Å². The number of hydrogen-bond acceptors (Lipinski definition) is 3. The Morgan fingerprint density at radius 3 is 2.94 bits per heavy atom. The summed E-state index contributed by atoms with van der Waals surface area (Å²) in [6.07, 6.45) is 2.36. The molecule has 0 aromatic heterocycles. The summed E-state index contributed by atoms with van der Waals surface area (Å²) in [5, 5.41) is 0. The molecule has 0 amide bonds. The molecule has 1 saturated heterocycles. The largest absolute Gasteiger partial charge is 0.496 e. The highest BCUT2D eigenvalue weighted by Crippen LogP contribution is 2.35. The number of hydrogen-bond donors (Lipinski definition) is 1. The van der Waals surface area contributed by atoms with Crippen LogP contribution in [-0.4, -0.2) is 19.8 Å². The Hall–Kier alpha value is -0.580. The van der Waals surface area contributed by atoms with Crippen molar-refractivity contribution < 1.29 is 9.47 Å². The minimum absolute atomic E-state index is 0.0275. The van der Waals surface area contributed by atoms with Gasteiger partial charge >= 0.3 is 0 Å². The van der Waals surface area contributed by atoms with Crippen LogP contribution in [0.15, 0.2) is 22.7 Å². The molecule has 3 atom stereocenters. The molecule has 2 N–H and O–H groups in total. The lowest BCUT2D eigenvalue weighted by Crippen LogP contribution is -2.28. The lowest BCUT2D eigenvalue weighted by atomic mass is 9.87. The molecular formula is C14H20BrNO2. The summed E-state index contributed by atoms with van der Waals surface area (Å²) < 4.78 is 11.9. The predicted octanol–water partition coefficient (Wildman–Crippen LogP) is 3.27. The van der Waals surface area contributed by atoms with E-state index in [0.717, 1.165) is 35.2 Å². The molecule has 0 saturated carbocycles. The van der Waals surface area contributed by atoms with Crippen LogP contribution in [0.1, 0.15) is 31.4 Å². The van der Waals surface area contributed by atoms with E-state index in [1.165, 1.54) is 0 Å². The first-order valence-electron chi connectivity index (χ1n) is 6.38. The van der Waals surface area contributed by atoms with Gasteiger partial charge in [-0.15, -0.1) is 0 Å². The molecular weight excluding hydrogens is 294 g/mol. The standard InChI is InChI=1S/C14H20BrNO2/c1-3-12-10(6-7-18-12)14(16)9-4-5-13(17-2)11(15)8-9/h4-5,8,10,12,14H,3,6-7,16H2,1-2H3. The van der Waals surface area contributed by atoms with Crippen molar-refractivity contribution in [3.63, 3.8) is 0 Å². The van der Waals surface area contributed by atoms with E-state index < -0.39 is 0 Å². The summed E-state index contributed by atoms with van der Waals surface area (Å²) in [7, 11) is 1.66. The molecule has 0 radical (unpaired) electrons. The maximum atomic E-state index is 6.39. The third kappa shape index (κ3) is 2.71. The van der Waals surface area contributed by atoms with Gasteiger partial charge in [-0.1, -0.05) is 13.0 Å². The molecule has 100 valence electrons. The van der Waals surface area contributed by atoms with Gasteiger partial charge in [0.2, 0.25) is 0 Å². The highest BCUT2D eigenvalue weighted by Gasteiger charge is 2.32. The quantitative estimate of drug-likeness (QED) is 0.927. The fourth-order valence-electron chi connectivity index (χ4n) is 2.63. The number of ether oxygens (including phenoxy) is 2. The molecule has 0 spiro atoms. The molecule has 1 aliphatic rings. The van der Waals surface area contributed by atoms with Crippen LogP contribution in [0, 0.1) is 5.92 Å². The van der Waals surface area contributed by atoms with Crippen LogP contribution >= 0.6 is 15.9 Å². The minimum Gasteiger partial charge on any atom is -0.496 e. The minimum atomic E-state index is 0.0275. The number of rotatable bonds is 4. The van der Waals surface area contributed by atoms with E-state index in [9.17, 15) is 0 Å². The van der Waals surface area contributed by atoms with Gasteiger partial charge in [-0.05, 0) is 46.5 Å². The molecule has 3 nitrogen and oxygen atoms in total. The maximum Gasteiger partial charge on any atom is 0.133 e. The van der Waals surface area contributed by atoms with Gasteiger partial charge in [0.05, 0.1) is 17.7 Å². The van der Waals surface area contributed by atoms with Crippen LogP contribution in [0.4, 0.5) is 0 Å². The molecule has 1 heterocycles. The molecule has 2 rings (SSSR count). The zero-order chi connectivity index (χ0) is 13.1. The first-order chi connectivity index (χ1) is 8.67. The van der Waals surface area contributed by atoms with E-state index in [1.807, 2.05) is 12.1 Å². The van der Waals surface area contributed by atoms with E-state index in [-0.39, 0.29) is 6.04 Å². The topological polar surface area (TPSA) is 44.5 Å². The van der Waals surface area contributed by atoms with Gasteiger partial charge in [0, 0.05) is 18.6 Å². The van der Waals surface area contributed by atoms with Crippen molar-refractivity contribution >= 4 is 15.9 Å². The van der Waals surface area contributed by atoms with E-state index >= 15 is 0 Å². The Bertz CT molecular complexity index is 411. The molecule has 1 aromatic rings. The molecule has 0 aliphatic carbocycles. The maximum absolute atomic E-state index is 6.39. The van der Waals surface area contributed by atoms with Crippen molar-refractivity contribution in [1.82, 2.24) is 0 Å². The third-order valence-electron chi connectivity index (χ3n) is 3.69. The van der Waals surface area contributed by atoms with E-state index in [0.29, 0.717) is 12.0 Å². The summed E-state index contributed by atoms with van der Waals surface area (Å²) in [4.78, 5) is 0. The summed E-state index contributed by atoms with van der Waals surface area (Å²) in [5.41, 5.74) is 7.52. The second-order valence-corrected chi connectivity index (χ2v) is 5.54. The van der Waals surface area contributed by atoms with Gasteiger partial charge < -0.3 is 15.2 Å². The lowest BCUT2D eigenvalue weighted by molar-refractivity contribution is 0.0813. The van der Waals surface area contributed by atoms with Gasteiger partial charge in [-0.25, -0.2) is 0 Å². The monoisotopic (exact) mass is 313 g/mol. The van der Waals surface area contributed by atoms with Gasteiger partial charge in [-0.2, -0.15) is 0 Å². The van der Waals surface area contributed by atoms with Gasteiger partial charge in [-0.3, -0.25) is 0 Å². The molecule has 1 aromatic carbocycles. The molecule has 3 unspecified atom stereocenters. The Balaban J connectivity index is 2.18. The molecule has 1 fully saturated rings. The number of nitrogens with two attached hydrogens (primary N) is 1. The van der Waals surface area contributed by atoms with Crippen LogP contribution in [0.3, 0.4) is 0 Å². The zero-order valence-electron chi connectivity index (χ0n) is 10.9. The van der Waals surface area contributed by atoms with Crippen LogP contribution in [0.5, 0.6) is 5.75 Å². The Kier molecular flexibility index (Phi) is 4.65. The number of methoxy groups -OCH3 is 1. The van der Waals surface area contributed by atoms with Crippen molar-refractivity contribution in [2.45, 2.75) is 31.9 Å². The van der Waals surface area contributed by atoms with Gasteiger partial charge in [0.1, 0.15) is 5.75 Å². The van der Waals surface area contributed by atoms with E-state index in [1.54, 1.807) is 7.11 Å². The Morgan fingerprint density at radius 2 is 2.33 bits per heavy atom. The normalized spacial score (nSPS) is 25.1. The average Bonchev–Trinajstić information content (AvgIpc) is 2.86. The SMILES string of the molecule is CCC1OCCC1C(N)c1ccc(OC)c(Br)c1. The highest BCUT2D eigenvalue weighted by atomic mass is 79.9. The van der Waals surface area contributed by atoms with E-state index in [2.05, 4.69) is 28.9 Å². The third-order valence-corrected chi connectivity index (χ3v) is 4.30. The van der Waals surface area contributed by atoms with Crippen molar-refractivity contribution in [3.8, 4) is 5.75 Å². The van der Waals surface area contributed by atoms with Crippen LogP contribution in [-0.2, 0) is 4.74 Å². The van der Waals surface area contributed by atoms with E-state index in [4.69, 9.17) is 15.2 Å². The van der Waals surface area contributed by atoms with Crippen LogP contribution in [0.2, 0.25) is 0 Å². The molecule has 18 heavy (non-hydrogen) atoms. The molecule has 0 bridgehead atoms. The van der Waals surface area contributed by atoms with Gasteiger partial charge in [0.15, 0.2) is 0 Å². The second-order valence-electron chi connectivity index (χ2n) is 4.69. The Morgan fingerprint density at radius 1 is 1.56 bits per heavy atom. The fourth-order valence-corrected chi connectivity index (χ4v) is 3.19. The summed E-state index contributed by atoms with van der Waals surface area (Å²) in [6.45, 7) is 2.98. The molecule has 4 heteroatoms. The summed E-state index contributed by atoms with van der Waals surface area (Å²) in [5.74, 6) is 1.25. The fraction of sp³-hybridized carbons (Fsp3) is 0.571. The smallest absolute Gasteiger partial charge is 0.133 e. The van der Waals surface area contributed by atoms with Crippen molar-refractivity contribution in [2.24, 2.45) is 11.7 Å². The zero-order valence-corrected chi connectivity index (χ0v) is 12.4. The first kappa shape index (κ1) is 13.8. The van der Waals surface area contributed by atoms with Crippen LogP contribution < -0.4 is 10.5 Å². The Labute approximate surface area is 117 Å². The first-order valence-corrected chi connectivity index (χ1v) is 7.17. The number of halogens is 1. The van der Waals surface area contributed by atoms with Crippen LogP contribution in [0.25, 0.3) is 0 Å². The number of benzene rings is 1. The second kappa shape index (κ2) is 6.04. The van der Waals surface area contributed by atoms with Crippen molar-refractivity contribution in [1.29, 1.82) is 0 Å². The predicted molar refractivity (Wildman–Crippen MR) is 75.8 cm³/mol. The van der Waals surface area contributed by atoms with Crippen molar-refractivity contribution in [3.05, 3.63) is 28.2 Å². The van der Waals surface area contributed by atoms with Crippen molar-refractivity contribution in [2.75, 3.05) is 13.7 Å². The highest BCUT2D eigenvalue weighted by molar-refractivity contribution is 9.10. The summed E-state index contributed by atoms with van der Waals surface area (Å²) in [6, 6.07) is 6.07.